The van der Waals surface area contributed by atoms with E-state index in [-0.39, 0.29) is 6.29 Å². The van der Waals surface area contributed by atoms with E-state index in [2.05, 4.69) is 39.8 Å². The maximum Gasteiger partial charge on any atom is 0.514 e. The molecule has 190 valence electrons. The molecule has 0 radical (unpaired) electrons. The summed E-state index contributed by atoms with van der Waals surface area (Å²) in [5, 5.41) is 0. The first-order valence-corrected chi connectivity index (χ1v) is 12.4. The summed E-state index contributed by atoms with van der Waals surface area (Å²) < 4.78 is 21.1. The molecule has 0 aliphatic rings. The SMILES string of the molecule is CCC(C)c1ccc(OC(=O)OC(C)(C)C)cc1.CCOC(C)Oc1ccc(C(C)CC)cc1. The molecule has 3 atom stereocenters. The Morgan fingerprint density at radius 3 is 1.59 bits per heavy atom. The third-order valence-electron chi connectivity index (χ3n) is 5.42. The van der Waals surface area contributed by atoms with Gasteiger partial charge in [-0.25, -0.2) is 4.79 Å². The molecule has 0 aromatic heterocycles. The minimum atomic E-state index is -0.668. The highest BCUT2D eigenvalue weighted by atomic mass is 16.7. The van der Waals surface area contributed by atoms with Crippen LogP contribution in [0.3, 0.4) is 0 Å². The van der Waals surface area contributed by atoms with Crippen molar-refractivity contribution in [3.8, 4) is 11.5 Å². The second-order valence-corrected chi connectivity index (χ2v) is 9.46. The molecule has 34 heavy (non-hydrogen) atoms. The Balaban J connectivity index is 0.000000342. The standard InChI is InChI=1S/C15H22O3.C14H22O2/c1-6-11(2)12-7-9-13(10-8-12)17-14(16)18-15(3,4)5;1-5-11(3)13-7-9-14(10-8-13)16-12(4)15-6-2/h7-11H,6H2,1-5H3;7-12H,5-6H2,1-4H3. The fraction of sp³-hybridized carbons (Fsp3) is 0.552. The van der Waals surface area contributed by atoms with Gasteiger partial charge in [-0.1, -0.05) is 52.0 Å². The van der Waals surface area contributed by atoms with Gasteiger partial charge in [0.25, 0.3) is 0 Å². The van der Waals surface area contributed by atoms with Crippen molar-refractivity contribution in [2.45, 2.75) is 98.9 Å². The second kappa shape index (κ2) is 14.7. The van der Waals surface area contributed by atoms with Crippen molar-refractivity contribution < 1.29 is 23.7 Å². The molecule has 0 heterocycles. The molecule has 0 aliphatic carbocycles. The molecule has 0 spiro atoms. The van der Waals surface area contributed by atoms with E-state index in [1.54, 1.807) is 32.9 Å². The van der Waals surface area contributed by atoms with E-state index in [1.807, 2.05) is 38.1 Å². The lowest BCUT2D eigenvalue weighted by atomic mass is 9.99. The predicted octanol–water partition coefficient (Wildman–Crippen LogP) is 8.48. The second-order valence-electron chi connectivity index (χ2n) is 9.46. The lowest BCUT2D eigenvalue weighted by Crippen LogP contribution is -2.25. The first-order valence-electron chi connectivity index (χ1n) is 12.4. The Bertz CT molecular complexity index is 821. The largest absolute Gasteiger partial charge is 0.514 e. The van der Waals surface area contributed by atoms with Crippen LogP contribution in [-0.4, -0.2) is 24.7 Å². The summed E-state index contributed by atoms with van der Waals surface area (Å²) in [5.41, 5.74) is 2.07. The Morgan fingerprint density at radius 2 is 1.21 bits per heavy atom. The fourth-order valence-corrected chi connectivity index (χ4v) is 3.04. The first-order chi connectivity index (χ1) is 16.0. The van der Waals surface area contributed by atoms with E-state index in [4.69, 9.17) is 18.9 Å². The Labute approximate surface area is 206 Å². The van der Waals surface area contributed by atoms with Gasteiger partial charge in [0, 0.05) is 6.61 Å². The van der Waals surface area contributed by atoms with Crippen LogP contribution < -0.4 is 9.47 Å². The quantitative estimate of drug-likeness (QED) is 0.208. The van der Waals surface area contributed by atoms with Gasteiger partial charge in [-0.15, -0.1) is 0 Å². The summed E-state index contributed by atoms with van der Waals surface area (Å²) in [6, 6.07) is 15.8. The van der Waals surface area contributed by atoms with Crippen molar-refractivity contribution in [1.82, 2.24) is 0 Å². The molecule has 3 unspecified atom stereocenters. The number of ether oxygens (including phenoxy) is 4. The van der Waals surface area contributed by atoms with Crippen molar-refractivity contribution in [3.63, 3.8) is 0 Å². The van der Waals surface area contributed by atoms with Crippen molar-refractivity contribution in [2.24, 2.45) is 0 Å². The normalized spacial score (nSPS) is 13.7. The van der Waals surface area contributed by atoms with Gasteiger partial charge >= 0.3 is 6.16 Å². The maximum absolute atomic E-state index is 11.5. The molecule has 0 amide bonds. The van der Waals surface area contributed by atoms with Crippen LogP contribution in [-0.2, 0) is 9.47 Å². The molecule has 0 fully saturated rings. The Kier molecular flexibility index (Phi) is 12.7. The summed E-state index contributed by atoms with van der Waals surface area (Å²) in [4.78, 5) is 11.5. The summed E-state index contributed by atoms with van der Waals surface area (Å²) in [6.45, 7) is 18.7. The molecule has 5 nitrogen and oxygen atoms in total. The summed E-state index contributed by atoms with van der Waals surface area (Å²) >= 11 is 0. The molecular formula is C29H44O5. The van der Waals surface area contributed by atoms with Gasteiger partial charge in [-0.2, -0.15) is 0 Å². The van der Waals surface area contributed by atoms with Crippen molar-refractivity contribution in [2.75, 3.05) is 6.61 Å². The van der Waals surface area contributed by atoms with Crippen molar-refractivity contribution in [1.29, 1.82) is 0 Å². The van der Waals surface area contributed by atoms with Crippen LogP contribution in [0.25, 0.3) is 0 Å². The fourth-order valence-electron chi connectivity index (χ4n) is 3.04. The third-order valence-corrected chi connectivity index (χ3v) is 5.42. The van der Waals surface area contributed by atoms with Crippen LogP contribution in [0.2, 0.25) is 0 Å². The number of hydrogen-bond acceptors (Lipinski definition) is 5. The third kappa shape index (κ3) is 11.6. The van der Waals surface area contributed by atoms with Gasteiger partial charge in [0.2, 0.25) is 0 Å². The lowest BCUT2D eigenvalue weighted by Gasteiger charge is -2.18. The number of benzene rings is 2. The van der Waals surface area contributed by atoms with Crippen LogP contribution in [0, 0.1) is 0 Å². The zero-order valence-electron chi connectivity index (χ0n) is 22.5. The maximum atomic E-state index is 11.5. The number of hydrogen-bond donors (Lipinski definition) is 0. The highest BCUT2D eigenvalue weighted by molar-refractivity contribution is 5.64. The van der Waals surface area contributed by atoms with E-state index in [9.17, 15) is 4.79 Å². The lowest BCUT2D eigenvalue weighted by molar-refractivity contribution is -0.0613. The summed E-state index contributed by atoms with van der Waals surface area (Å²) in [5.74, 6) is 2.50. The Morgan fingerprint density at radius 1 is 0.765 bits per heavy atom. The highest BCUT2D eigenvalue weighted by Gasteiger charge is 2.18. The minimum Gasteiger partial charge on any atom is -0.465 e. The van der Waals surface area contributed by atoms with Crippen LogP contribution >= 0.6 is 0 Å². The molecule has 2 aromatic carbocycles. The first kappa shape index (κ1) is 29.5. The summed E-state index contributed by atoms with van der Waals surface area (Å²) in [6.07, 6.45) is 1.40. The van der Waals surface area contributed by atoms with Gasteiger partial charge in [0.1, 0.15) is 17.1 Å². The van der Waals surface area contributed by atoms with Crippen LogP contribution in [0.1, 0.15) is 98.1 Å². The molecule has 2 aromatic rings. The zero-order valence-corrected chi connectivity index (χ0v) is 22.5. The van der Waals surface area contributed by atoms with Crippen molar-refractivity contribution in [3.05, 3.63) is 59.7 Å². The van der Waals surface area contributed by atoms with E-state index in [0.29, 0.717) is 24.2 Å². The van der Waals surface area contributed by atoms with Crippen molar-refractivity contribution >= 4 is 6.16 Å². The van der Waals surface area contributed by atoms with Crippen LogP contribution in [0.4, 0.5) is 4.79 Å². The molecule has 0 bridgehead atoms. The van der Waals surface area contributed by atoms with Gasteiger partial charge in [0.05, 0.1) is 0 Å². The van der Waals surface area contributed by atoms with Crippen LogP contribution in [0.5, 0.6) is 11.5 Å². The van der Waals surface area contributed by atoms with Crippen LogP contribution in [0.15, 0.2) is 48.5 Å². The predicted molar refractivity (Wildman–Crippen MR) is 139 cm³/mol. The zero-order chi connectivity index (χ0) is 25.7. The highest BCUT2D eigenvalue weighted by Crippen LogP contribution is 2.23. The molecule has 0 aliphatic heterocycles. The Hall–Kier alpha value is -2.53. The molecule has 0 saturated carbocycles. The van der Waals surface area contributed by atoms with Gasteiger partial charge in [-0.3, -0.25) is 0 Å². The van der Waals surface area contributed by atoms with Gasteiger partial charge in [-0.05, 0) is 94.7 Å². The average Bonchev–Trinajstić information content (AvgIpc) is 2.78. The minimum absolute atomic E-state index is 0.181. The average molecular weight is 473 g/mol. The number of rotatable bonds is 9. The van der Waals surface area contributed by atoms with E-state index < -0.39 is 11.8 Å². The van der Waals surface area contributed by atoms with E-state index >= 15 is 0 Å². The summed E-state index contributed by atoms with van der Waals surface area (Å²) in [7, 11) is 0. The topological polar surface area (TPSA) is 54.0 Å². The smallest absolute Gasteiger partial charge is 0.465 e. The molecule has 0 saturated heterocycles. The number of carbonyl (C=O) groups is 1. The molecular weight excluding hydrogens is 428 g/mol. The molecule has 5 heteroatoms. The van der Waals surface area contributed by atoms with Gasteiger partial charge in [0.15, 0.2) is 6.29 Å². The molecule has 2 rings (SSSR count). The number of carbonyl (C=O) groups excluding carboxylic acids is 1. The molecule has 0 N–H and O–H groups in total. The van der Waals surface area contributed by atoms with E-state index in [0.717, 1.165) is 18.6 Å². The monoisotopic (exact) mass is 472 g/mol. The van der Waals surface area contributed by atoms with E-state index in [1.165, 1.54) is 11.1 Å². The van der Waals surface area contributed by atoms with Gasteiger partial charge < -0.3 is 18.9 Å².